The van der Waals surface area contributed by atoms with Crippen molar-refractivity contribution < 1.29 is 4.79 Å². The molecular formula is C23H34N4O2. The lowest BCUT2D eigenvalue weighted by atomic mass is 9.92. The van der Waals surface area contributed by atoms with Crippen molar-refractivity contribution in [1.29, 1.82) is 0 Å². The number of aromatic amines is 1. The molecule has 3 fully saturated rings. The van der Waals surface area contributed by atoms with Crippen LogP contribution in [0.1, 0.15) is 87.8 Å². The van der Waals surface area contributed by atoms with Crippen molar-refractivity contribution in [2.45, 2.75) is 89.8 Å². The summed E-state index contributed by atoms with van der Waals surface area (Å²) in [4.78, 5) is 38.5. The summed E-state index contributed by atoms with van der Waals surface area (Å²) in [5.74, 6) is 1.68. The highest BCUT2D eigenvalue weighted by molar-refractivity contribution is 5.82. The van der Waals surface area contributed by atoms with Crippen molar-refractivity contribution >= 4 is 5.91 Å². The van der Waals surface area contributed by atoms with E-state index >= 15 is 0 Å². The van der Waals surface area contributed by atoms with Crippen molar-refractivity contribution in [3.63, 3.8) is 0 Å². The van der Waals surface area contributed by atoms with Crippen molar-refractivity contribution in [1.82, 2.24) is 19.8 Å². The normalized spacial score (nSPS) is 30.8. The Bertz CT molecular complexity index is 829. The monoisotopic (exact) mass is 398 g/mol. The molecule has 6 nitrogen and oxygen atoms in total. The largest absolute Gasteiger partial charge is 0.332 e. The van der Waals surface area contributed by atoms with E-state index in [4.69, 9.17) is 4.98 Å². The van der Waals surface area contributed by atoms with Crippen LogP contribution in [0.25, 0.3) is 0 Å². The summed E-state index contributed by atoms with van der Waals surface area (Å²) in [6.07, 6.45) is 11.4. The maximum absolute atomic E-state index is 13.0. The number of nitrogens with one attached hydrogen (secondary N) is 1. The summed E-state index contributed by atoms with van der Waals surface area (Å²) in [5, 5.41) is 0. The minimum Gasteiger partial charge on any atom is -0.332 e. The van der Waals surface area contributed by atoms with Gasteiger partial charge in [0.25, 0.3) is 5.56 Å². The lowest BCUT2D eigenvalue weighted by molar-refractivity contribution is -0.137. The topological polar surface area (TPSA) is 69.3 Å². The Hall–Kier alpha value is -1.69. The van der Waals surface area contributed by atoms with Gasteiger partial charge in [0, 0.05) is 37.2 Å². The number of rotatable bonds is 3. The second-order valence-electron chi connectivity index (χ2n) is 9.75. The van der Waals surface area contributed by atoms with Gasteiger partial charge in [-0.1, -0.05) is 26.2 Å². The molecule has 0 unspecified atom stereocenters. The van der Waals surface area contributed by atoms with Gasteiger partial charge in [-0.2, -0.15) is 0 Å². The minimum absolute atomic E-state index is 0.0195. The van der Waals surface area contributed by atoms with E-state index in [9.17, 15) is 9.59 Å². The minimum atomic E-state index is -0.0629. The molecule has 1 saturated heterocycles. The lowest BCUT2D eigenvalue weighted by Crippen LogP contribution is -2.44. The first kappa shape index (κ1) is 19.3. The van der Waals surface area contributed by atoms with Crippen LogP contribution in [0.2, 0.25) is 0 Å². The molecule has 4 aliphatic rings. The van der Waals surface area contributed by atoms with Crippen LogP contribution >= 0.6 is 0 Å². The molecule has 0 bridgehead atoms. The Balaban J connectivity index is 1.40. The molecule has 158 valence electrons. The van der Waals surface area contributed by atoms with Gasteiger partial charge in [0.15, 0.2) is 0 Å². The molecule has 2 aliphatic carbocycles. The smallest absolute Gasteiger partial charge is 0.254 e. The fourth-order valence-electron chi connectivity index (χ4n) is 5.75. The third-order valence-corrected chi connectivity index (χ3v) is 7.74. The first-order valence-electron chi connectivity index (χ1n) is 11.8. The van der Waals surface area contributed by atoms with Crippen LogP contribution in [0.4, 0.5) is 0 Å². The molecule has 6 heteroatoms. The first-order valence-corrected chi connectivity index (χ1v) is 11.8. The van der Waals surface area contributed by atoms with Crippen LogP contribution < -0.4 is 5.56 Å². The summed E-state index contributed by atoms with van der Waals surface area (Å²) in [5.41, 5.74) is 1.84. The Morgan fingerprint density at radius 2 is 1.83 bits per heavy atom. The second-order valence-corrected chi connectivity index (χ2v) is 9.75. The summed E-state index contributed by atoms with van der Waals surface area (Å²) < 4.78 is 0. The number of likely N-dealkylation sites (tertiary alicyclic amines) is 1. The molecule has 2 aliphatic heterocycles. The molecule has 3 heterocycles. The fraction of sp³-hybridized carbons (Fsp3) is 0.783. The molecule has 5 rings (SSSR count). The number of carbonyl (C=O) groups excluding carboxylic acids is 1. The fourth-order valence-corrected chi connectivity index (χ4v) is 5.75. The first-order chi connectivity index (χ1) is 14.1. The highest BCUT2D eigenvalue weighted by atomic mass is 16.2. The molecule has 1 aromatic heterocycles. The zero-order valence-corrected chi connectivity index (χ0v) is 17.7. The number of hydrogen-bond acceptors (Lipinski definition) is 4. The number of aromatic nitrogens is 2. The number of carbonyl (C=O) groups is 1. The van der Waals surface area contributed by atoms with Crippen molar-refractivity contribution in [3.05, 3.63) is 27.4 Å². The van der Waals surface area contributed by atoms with E-state index in [1.54, 1.807) is 0 Å². The third kappa shape index (κ3) is 3.76. The maximum atomic E-state index is 13.0. The van der Waals surface area contributed by atoms with Crippen LogP contribution in [0.15, 0.2) is 4.79 Å². The van der Waals surface area contributed by atoms with Crippen LogP contribution in [0, 0.1) is 11.8 Å². The summed E-state index contributed by atoms with van der Waals surface area (Å²) in [6, 6.07) is 0.581. The van der Waals surface area contributed by atoms with Gasteiger partial charge in [0.1, 0.15) is 5.82 Å². The number of piperidine rings is 1. The van der Waals surface area contributed by atoms with E-state index in [1.807, 2.05) is 4.90 Å². The Kier molecular flexibility index (Phi) is 5.23. The van der Waals surface area contributed by atoms with Gasteiger partial charge >= 0.3 is 0 Å². The number of H-pyrrole nitrogens is 1. The van der Waals surface area contributed by atoms with Gasteiger partial charge < -0.3 is 9.88 Å². The van der Waals surface area contributed by atoms with E-state index in [-0.39, 0.29) is 23.4 Å². The molecule has 1 amide bonds. The van der Waals surface area contributed by atoms with E-state index in [2.05, 4.69) is 16.8 Å². The molecular weight excluding hydrogens is 364 g/mol. The second kappa shape index (κ2) is 7.86. The average Bonchev–Trinajstić information content (AvgIpc) is 3.50. The molecule has 2 saturated carbocycles. The third-order valence-electron chi connectivity index (χ3n) is 7.74. The molecule has 0 radical (unpaired) electrons. The summed E-state index contributed by atoms with van der Waals surface area (Å²) in [6.45, 7) is 4.70. The van der Waals surface area contributed by atoms with Gasteiger partial charge in [-0.05, 0) is 50.9 Å². The van der Waals surface area contributed by atoms with Gasteiger partial charge in [0.2, 0.25) is 5.91 Å². The average molecular weight is 399 g/mol. The van der Waals surface area contributed by atoms with Gasteiger partial charge in [-0.25, -0.2) is 4.98 Å². The molecule has 0 spiro atoms. The summed E-state index contributed by atoms with van der Waals surface area (Å²) >= 11 is 0. The highest BCUT2D eigenvalue weighted by Crippen LogP contribution is 2.42. The van der Waals surface area contributed by atoms with Gasteiger partial charge in [-0.15, -0.1) is 0 Å². The Morgan fingerprint density at radius 1 is 1.07 bits per heavy atom. The van der Waals surface area contributed by atoms with E-state index in [0.717, 1.165) is 68.8 Å². The van der Waals surface area contributed by atoms with E-state index in [1.165, 1.54) is 32.1 Å². The zero-order valence-electron chi connectivity index (χ0n) is 17.7. The molecule has 0 aromatic carbocycles. The molecule has 1 aromatic rings. The SMILES string of the molecule is C[C@@H]1C[C@@H]1C(=O)N1CCCC[C@H]1c1nc2c(c(=O)[nH]1)CCN(C1CCCCC1)C2. The highest BCUT2D eigenvalue weighted by Gasteiger charge is 2.44. The predicted octanol–water partition coefficient (Wildman–Crippen LogP) is 3.17. The molecule has 3 atom stereocenters. The maximum Gasteiger partial charge on any atom is 0.254 e. The van der Waals surface area contributed by atoms with Crippen LogP contribution in [-0.4, -0.2) is 44.8 Å². The molecule has 1 N–H and O–H groups in total. The lowest BCUT2D eigenvalue weighted by Gasteiger charge is -2.38. The summed E-state index contributed by atoms with van der Waals surface area (Å²) in [7, 11) is 0. The van der Waals surface area contributed by atoms with Crippen molar-refractivity contribution in [2.24, 2.45) is 11.8 Å². The molecule has 29 heavy (non-hydrogen) atoms. The predicted molar refractivity (Wildman–Crippen MR) is 111 cm³/mol. The number of amides is 1. The van der Waals surface area contributed by atoms with Gasteiger partial charge in [-0.3, -0.25) is 14.5 Å². The number of hydrogen-bond donors (Lipinski definition) is 1. The number of fused-ring (bicyclic) bond motifs is 1. The van der Waals surface area contributed by atoms with Crippen molar-refractivity contribution in [2.75, 3.05) is 13.1 Å². The van der Waals surface area contributed by atoms with Crippen molar-refractivity contribution in [3.8, 4) is 0 Å². The van der Waals surface area contributed by atoms with E-state index in [0.29, 0.717) is 12.0 Å². The van der Waals surface area contributed by atoms with Crippen LogP contribution in [0.3, 0.4) is 0 Å². The van der Waals surface area contributed by atoms with Crippen LogP contribution in [0.5, 0.6) is 0 Å². The number of nitrogens with zero attached hydrogens (tertiary/aromatic N) is 3. The Morgan fingerprint density at radius 3 is 2.59 bits per heavy atom. The quantitative estimate of drug-likeness (QED) is 0.849. The Labute approximate surface area is 173 Å². The zero-order chi connectivity index (χ0) is 20.0. The van der Waals surface area contributed by atoms with Crippen LogP contribution in [-0.2, 0) is 17.8 Å². The van der Waals surface area contributed by atoms with Gasteiger partial charge in [0.05, 0.1) is 11.7 Å². The standard InChI is InChI=1S/C23H34N4O2/c1-15-13-18(15)23(29)27-11-6-5-9-20(27)21-24-19-14-26(16-7-3-2-4-8-16)12-10-17(19)22(28)25-21/h15-16,18,20H,2-14H2,1H3,(H,24,25,28)/t15-,18+,20+/m1/s1. The van der Waals surface area contributed by atoms with E-state index < -0.39 is 0 Å².